The van der Waals surface area contributed by atoms with Crippen LogP contribution in [0.2, 0.25) is 0 Å². The van der Waals surface area contributed by atoms with Crippen molar-refractivity contribution in [1.82, 2.24) is 25.3 Å². The fourth-order valence-electron chi connectivity index (χ4n) is 3.51. The Kier molecular flexibility index (Phi) is 6.03. The van der Waals surface area contributed by atoms with Crippen molar-refractivity contribution in [2.45, 2.75) is 25.5 Å². The van der Waals surface area contributed by atoms with Gasteiger partial charge in [0.05, 0.1) is 18.8 Å². The van der Waals surface area contributed by atoms with Crippen molar-refractivity contribution < 1.29 is 18.7 Å². The average Bonchev–Trinajstić information content (AvgIpc) is 3.39. The zero-order valence-corrected chi connectivity index (χ0v) is 16.6. The summed E-state index contributed by atoms with van der Waals surface area (Å²) in [6, 6.07) is 10.4. The molecule has 0 spiro atoms. The fraction of sp³-hybridized carbons (Fsp3) is 0.227. The largest absolute Gasteiger partial charge is 0.389 e. The minimum atomic E-state index is -0.803. The molecular formula is C22H21F2N5O2. The number of hydrogen-bond donors (Lipinski definition) is 3. The number of hydrogen-bond acceptors (Lipinski definition) is 4. The average molecular weight is 425 g/mol. The molecule has 1 amide bonds. The van der Waals surface area contributed by atoms with Gasteiger partial charge in [-0.3, -0.25) is 4.79 Å². The van der Waals surface area contributed by atoms with Gasteiger partial charge in [0.25, 0.3) is 0 Å². The van der Waals surface area contributed by atoms with E-state index in [-0.39, 0.29) is 37.1 Å². The summed E-state index contributed by atoms with van der Waals surface area (Å²) in [5.74, 6) is -0.969. The molecule has 1 unspecified atom stereocenters. The lowest BCUT2D eigenvalue weighted by molar-refractivity contribution is -0.121. The molecule has 2 aromatic heterocycles. The van der Waals surface area contributed by atoms with E-state index in [1.165, 1.54) is 35.1 Å². The van der Waals surface area contributed by atoms with Gasteiger partial charge in [0, 0.05) is 35.8 Å². The van der Waals surface area contributed by atoms with E-state index in [2.05, 4.69) is 20.6 Å². The first-order valence-electron chi connectivity index (χ1n) is 9.84. The van der Waals surface area contributed by atoms with Crippen molar-refractivity contribution >= 4 is 16.8 Å². The Balaban J connectivity index is 1.46. The van der Waals surface area contributed by atoms with Crippen LogP contribution < -0.4 is 5.32 Å². The van der Waals surface area contributed by atoms with Gasteiger partial charge in [-0.15, -0.1) is 5.10 Å². The molecule has 4 rings (SSSR count). The summed E-state index contributed by atoms with van der Waals surface area (Å²) in [5.41, 5.74) is 2.98. The second kappa shape index (κ2) is 9.05. The molecule has 4 aromatic rings. The molecule has 9 heteroatoms. The van der Waals surface area contributed by atoms with Gasteiger partial charge in [0.2, 0.25) is 5.91 Å². The van der Waals surface area contributed by atoms with Gasteiger partial charge in [-0.25, -0.2) is 13.5 Å². The van der Waals surface area contributed by atoms with Gasteiger partial charge in [0.1, 0.15) is 11.6 Å². The number of nitrogens with one attached hydrogen (secondary N) is 2. The molecule has 1 atom stereocenters. The van der Waals surface area contributed by atoms with Crippen molar-refractivity contribution in [3.8, 4) is 11.3 Å². The number of aromatic amines is 1. The van der Waals surface area contributed by atoms with Gasteiger partial charge < -0.3 is 15.4 Å². The Morgan fingerprint density at radius 1 is 1.16 bits per heavy atom. The fourth-order valence-corrected chi connectivity index (χ4v) is 3.51. The van der Waals surface area contributed by atoms with E-state index in [0.717, 1.165) is 22.3 Å². The first kappa shape index (κ1) is 20.7. The van der Waals surface area contributed by atoms with Gasteiger partial charge in [-0.1, -0.05) is 5.21 Å². The predicted octanol–water partition coefficient (Wildman–Crippen LogP) is 2.81. The minimum Gasteiger partial charge on any atom is -0.389 e. The van der Waals surface area contributed by atoms with Crippen LogP contribution >= 0.6 is 0 Å². The minimum absolute atomic E-state index is 0.0754. The van der Waals surface area contributed by atoms with Gasteiger partial charge in [0.15, 0.2) is 0 Å². The Hall–Kier alpha value is -3.59. The standard InChI is InChI=1S/C22H21F2N5O2/c23-15-3-1-14(2-4-15)22-18(19-11-16(24)5-7-20(19)27-22)6-8-21(31)25-12-17(30)13-29-10-9-26-28-29/h1-5,7,9-11,17,27,30H,6,8,12-13H2,(H,25,31). The highest BCUT2D eigenvalue weighted by Crippen LogP contribution is 2.32. The van der Waals surface area contributed by atoms with Gasteiger partial charge in [-0.2, -0.15) is 0 Å². The zero-order chi connectivity index (χ0) is 21.8. The smallest absolute Gasteiger partial charge is 0.220 e. The summed E-state index contributed by atoms with van der Waals surface area (Å²) >= 11 is 0. The SMILES string of the molecule is O=C(CCc1c(-c2ccc(F)cc2)[nH]c2ccc(F)cc12)NCC(O)Cn1ccnn1. The van der Waals surface area contributed by atoms with Crippen LogP contribution in [0.5, 0.6) is 0 Å². The Labute approximate surface area is 176 Å². The van der Waals surface area contributed by atoms with Crippen LogP contribution in [0.3, 0.4) is 0 Å². The molecule has 0 fully saturated rings. The van der Waals surface area contributed by atoms with Crippen LogP contribution in [0, 0.1) is 11.6 Å². The normalized spacial score (nSPS) is 12.2. The van der Waals surface area contributed by atoms with Crippen LogP contribution in [-0.4, -0.2) is 43.6 Å². The van der Waals surface area contributed by atoms with Crippen molar-refractivity contribution in [3.63, 3.8) is 0 Å². The number of fused-ring (bicyclic) bond motifs is 1. The summed E-state index contributed by atoms with van der Waals surface area (Å²) in [4.78, 5) is 15.6. The lowest BCUT2D eigenvalue weighted by atomic mass is 10.0. The molecule has 0 aliphatic rings. The summed E-state index contributed by atoms with van der Waals surface area (Å²) in [7, 11) is 0. The predicted molar refractivity (Wildman–Crippen MR) is 111 cm³/mol. The number of aliphatic hydroxyl groups excluding tert-OH is 1. The molecule has 0 aliphatic heterocycles. The number of halogens is 2. The van der Waals surface area contributed by atoms with E-state index in [9.17, 15) is 18.7 Å². The highest BCUT2D eigenvalue weighted by molar-refractivity contribution is 5.91. The van der Waals surface area contributed by atoms with E-state index in [4.69, 9.17) is 0 Å². The third-order valence-corrected chi connectivity index (χ3v) is 5.01. The molecule has 0 radical (unpaired) electrons. The quantitative estimate of drug-likeness (QED) is 0.405. The maximum absolute atomic E-state index is 13.9. The highest BCUT2D eigenvalue weighted by Gasteiger charge is 2.16. The third-order valence-electron chi connectivity index (χ3n) is 5.01. The summed E-state index contributed by atoms with van der Waals surface area (Å²) < 4.78 is 28.7. The number of carbonyl (C=O) groups excluding carboxylic acids is 1. The highest BCUT2D eigenvalue weighted by atomic mass is 19.1. The molecule has 2 aromatic carbocycles. The van der Waals surface area contributed by atoms with Crippen molar-refractivity contribution in [2.75, 3.05) is 6.54 Å². The Bertz CT molecular complexity index is 1170. The summed E-state index contributed by atoms with van der Waals surface area (Å²) in [6.45, 7) is 0.294. The Morgan fingerprint density at radius 2 is 1.94 bits per heavy atom. The zero-order valence-electron chi connectivity index (χ0n) is 16.6. The molecule has 7 nitrogen and oxygen atoms in total. The summed E-state index contributed by atoms with van der Waals surface area (Å²) in [6.07, 6.45) is 2.82. The maximum Gasteiger partial charge on any atom is 0.220 e. The van der Waals surface area contributed by atoms with E-state index in [0.29, 0.717) is 11.8 Å². The second-order valence-corrected chi connectivity index (χ2v) is 7.26. The number of aromatic nitrogens is 4. The first-order chi connectivity index (χ1) is 15.0. The maximum atomic E-state index is 13.9. The molecule has 3 N–H and O–H groups in total. The number of aliphatic hydroxyl groups is 1. The molecule has 2 heterocycles. The third kappa shape index (κ3) is 4.95. The number of benzene rings is 2. The van der Waals surface area contributed by atoms with E-state index in [1.807, 2.05) is 0 Å². The summed E-state index contributed by atoms with van der Waals surface area (Å²) in [5, 5.41) is 20.8. The van der Waals surface area contributed by atoms with Crippen LogP contribution in [0.4, 0.5) is 8.78 Å². The number of aryl methyl sites for hydroxylation is 1. The van der Waals surface area contributed by atoms with Crippen LogP contribution in [-0.2, 0) is 17.8 Å². The van der Waals surface area contributed by atoms with Crippen LogP contribution in [0.25, 0.3) is 22.2 Å². The van der Waals surface area contributed by atoms with Crippen molar-refractivity contribution in [2.24, 2.45) is 0 Å². The first-order valence-corrected chi connectivity index (χ1v) is 9.84. The molecule has 0 bridgehead atoms. The molecule has 0 saturated heterocycles. The lowest BCUT2D eigenvalue weighted by Gasteiger charge is -2.12. The number of nitrogens with zero attached hydrogens (tertiary/aromatic N) is 3. The molecule has 31 heavy (non-hydrogen) atoms. The number of rotatable bonds is 8. The van der Waals surface area contributed by atoms with E-state index >= 15 is 0 Å². The molecular weight excluding hydrogens is 404 g/mol. The Morgan fingerprint density at radius 3 is 2.68 bits per heavy atom. The van der Waals surface area contributed by atoms with E-state index < -0.39 is 6.10 Å². The molecule has 160 valence electrons. The number of amides is 1. The monoisotopic (exact) mass is 425 g/mol. The topological polar surface area (TPSA) is 95.8 Å². The van der Waals surface area contributed by atoms with Crippen molar-refractivity contribution in [1.29, 1.82) is 0 Å². The second-order valence-electron chi connectivity index (χ2n) is 7.26. The molecule has 0 saturated carbocycles. The number of carbonyl (C=O) groups is 1. The van der Waals surface area contributed by atoms with Crippen molar-refractivity contribution in [3.05, 3.63) is 72.1 Å². The van der Waals surface area contributed by atoms with Crippen LogP contribution in [0.15, 0.2) is 54.9 Å². The lowest BCUT2D eigenvalue weighted by Crippen LogP contribution is -2.34. The van der Waals surface area contributed by atoms with E-state index in [1.54, 1.807) is 24.4 Å². The van der Waals surface area contributed by atoms with Gasteiger partial charge >= 0.3 is 0 Å². The van der Waals surface area contributed by atoms with Gasteiger partial charge in [-0.05, 0) is 60.0 Å². The van der Waals surface area contributed by atoms with Crippen LogP contribution in [0.1, 0.15) is 12.0 Å². The number of H-pyrrole nitrogens is 1. The molecule has 0 aliphatic carbocycles.